The molecule has 1 heterocycles. The average molecular weight is 409 g/mol. The van der Waals surface area contributed by atoms with E-state index in [1.165, 1.54) is 19.2 Å². The Morgan fingerprint density at radius 2 is 1.97 bits per heavy atom. The molecule has 2 atom stereocenters. The van der Waals surface area contributed by atoms with Crippen molar-refractivity contribution in [3.63, 3.8) is 0 Å². The zero-order valence-electron chi connectivity index (χ0n) is 16.7. The van der Waals surface area contributed by atoms with Crippen molar-refractivity contribution in [3.05, 3.63) is 59.0 Å². The van der Waals surface area contributed by atoms with Gasteiger partial charge in [0, 0.05) is 0 Å². The van der Waals surface area contributed by atoms with E-state index in [0.717, 1.165) is 24.8 Å². The molecule has 1 amide bonds. The minimum atomic E-state index is -0.527. The first-order valence-electron chi connectivity index (χ1n) is 10.0. The molecular formula is C23H24FN3O3. The van der Waals surface area contributed by atoms with Crippen LogP contribution in [-0.4, -0.2) is 40.5 Å². The maximum Gasteiger partial charge on any atom is 0.255 e. The smallest absolute Gasteiger partial charge is 0.255 e. The van der Waals surface area contributed by atoms with Crippen molar-refractivity contribution >= 4 is 29.0 Å². The van der Waals surface area contributed by atoms with E-state index in [2.05, 4.69) is 15.5 Å². The van der Waals surface area contributed by atoms with Gasteiger partial charge in [0.15, 0.2) is 0 Å². The van der Waals surface area contributed by atoms with Crippen molar-refractivity contribution < 1.29 is 19.0 Å². The molecule has 2 aromatic carbocycles. The molecule has 30 heavy (non-hydrogen) atoms. The Labute approximate surface area is 173 Å². The van der Waals surface area contributed by atoms with Crippen LogP contribution < -0.4 is 10.1 Å². The Morgan fingerprint density at radius 1 is 1.20 bits per heavy atom. The standard InChI is InChI=1S/C23H24FN3O3/c1-30-22-16(23(29)25-17-4-2-3-5-20(17)28)11-13-19-21(22)18(26-27-19)12-8-14-6-9-15(24)10-7-14/h6-13,17,20,28H,2-5H2,1H3,(H,25,29)(H,26,27)/t17-,20-/m1/s1. The van der Waals surface area contributed by atoms with Gasteiger partial charge >= 0.3 is 0 Å². The van der Waals surface area contributed by atoms with E-state index in [1.807, 2.05) is 12.2 Å². The lowest BCUT2D eigenvalue weighted by molar-refractivity contribution is 0.0715. The molecule has 0 radical (unpaired) electrons. The number of carbonyl (C=O) groups is 1. The number of ether oxygens (including phenoxy) is 1. The summed E-state index contributed by atoms with van der Waals surface area (Å²) in [6.07, 6.45) is 6.53. The summed E-state index contributed by atoms with van der Waals surface area (Å²) in [4.78, 5) is 12.9. The molecule has 0 spiro atoms. The third-order valence-electron chi connectivity index (χ3n) is 5.51. The van der Waals surface area contributed by atoms with Crippen LogP contribution >= 0.6 is 0 Å². The summed E-state index contributed by atoms with van der Waals surface area (Å²) in [6, 6.07) is 9.33. The van der Waals surface area contributed by atoms with Gasteiger partial charge in [-0.05, 0) is 48.7 Å². The van der Waals surface area contributed by atoms with Gasteiger partial charge < -0.3 is 15.2 Å². The number of hydrogen-bond donors (Lipinski definition) is 3. The molecule has 0 bridgehead atoms. The monoisotopic (exact) mass is 409 g/mol. The zero-order valence-corrected chi connectivity index (χ0v) is 16.7. The number of nitrogens with one attached hydrogen (secondary N) is 2. The SMILES string of the molecule is COc1c(C(=O)N[C@@H]2CCCC[C@H]2O)ccc2n[nH]c(C=Cc3ccc(F)cc3)c12. The number of H-pyrrole nitrogens is 1. The van der Waals surface area contributed by atoms with Gasteiger partial charge in [0.25, 0.3) is 5.91 Å². The molecule has 1 aromatic heterocycles. The molecule has 4 rings (SSSR count). The quantitative estimate of drug-likeness (QED) is 0.596. The number of fused-ring (bicyclic) bond motifs is 1. The highest BCUT2D eigenvalue weighted by atomic mass is 19.1. The number of benzene rings is 2. The number of methoxy groups -OCH3 is 1. The zero-order chi connectivity index (χ0) is 21.1. The minimum absolute atomic E-state index is 0.256. The molecule has 0 saturated heterocycles. The van der Waals surface area contributed by atoms with Crippen molar-refractivity contribution in [2.24, 2.45) is 0 Å². The predicted molar refractivity (Wildman–Crippen MR) is 114 cm³/mol. The maximum absolute atomic E-state index is 13.1. The van der Waals surface area contributed by atoms with E-state index < -0.39 is 6.10 Å². The van der Waals surface area contributed by atoms with Crippen molar-refractivity contribution in [3.8, 4) is 5.75 Å². The number of carbonyl (C=O) groups excluding carboxylic acids is 1. The van der Waals surface area contributed by atoms with Crippen molar-refractivity contribution in [1.29, 1.82) is 0 Å². The molecule has 1 fully saturated rings. The Morgan fingerprint density at radius 3 is 2.70 bits per heavy atom. The lowest BCUT2D eigenvalue weighted by atomic mass is 9.92. The molecule has 156 valence electrons. The fourth-order valence-corrected chi connectivity index (χ4v) is 3.89. The summed E-state index contributed by atoms with van der Waals surface area (Å²) in [5.41, 5.74) is 2.57. The summed E-state index contributed by atoms with van der Waals surface area (Å²) in [5, 5.41) is 21.1. The summed E-state index contributed by atoms with van der Waals surface area (Å²) in [6.45, 7) is 0. The van der Waals surface area contributed by atoms with Crippen LogP contribution in [0, 0.1) is 5.82 Å². The highest BCUT2D eigenvalue weighted by Gasteiger charge is 2.27. The summed E-state index contributed by atoms with van der Waals surface area (Å²) < 4.78 is 18.7. The number of rotatable bonds is 5. The van der Waals surface area contributed by atoms with Gasteiger partial charge in [-0.3, -0.25) is 9.89 Å². The summed E-state index contributed by atoms with van der Waals surface area (Å²) >= 11 is 0. The average Bonchev–Trinajstić information content (AvgIpc) is 3.17. The van der Waals surface area contributed by atoms with Crippen LogP contribution in [-0.2, 0) is 0 Å². The van der Waals surface area contributed by atoms with E-state index in [4.69, 9.17) is 4.74 Å². The van der Waals surface area contributed by atoms with Crippen molar-refractivity contribution in [2.45, 2.75) is 37.8 Å². The van der Waals surface area contributed by atoms with Crippen LogP contribution in [0.2, 0.25) is 0 Å². The molecule has 7 heteroatoms. The largest absolute Gasteiger partial charge is 0.495 e. The Balaban J connectivity index is 1.65. The van der Waals surface area contributed by atoms with Crippen LogP contribution in [0.25, 0.3) is 23.1 Å². The number of aliphatic hydroxyl groups is 1. The van der Waals surface area contributed by atoms with Crippen LogP contribution in [0.5, 0.6) is 5.75 Å². The van der Waals surface area contributed by atoms with Crippen LogP contribution in [0.15, 0.2) is 36.4 Å². The minimum Gasteiger partial charge on any atom is -0.495 e. The number of hydrogen-bond acceptors (Lipinski definition) is 4. The normalized spacial score (nSPS) is 19.3. The van der Waals surface area contributed by atoms with Gasteiger partial charge in [-0.15, -0.1) is 0 Å². The van der Waals surface area contributed by atoms with Crippen LogP contribution in [0.4, 0.5) is 4.39 Å². The molecular weight excluding hydrogens is 385 g/mol. The van der Waals surface area contributed by atoms with E-state index in [0.29, 0.717) is 34.3 Å². The number of halogens is 1. The second-order valence-electron chi connectivity index (χ2n) is 7.49. The van der Waals surface area contributed by atoms with Gasteiger partial charge in [-0.2, -0.15) is 5.10 Å². The number of aromatic nitrogens is 2. The Kier molecular flexibility index (Phi) is 5.81. The maximum atomic E-state index is 13.1. The van der Waals surface area contributed by atoms with Gasteiger partial charge in [-0.1, -0.05) is 31.1 Å². The molecule has 0 unspecified atom stereocenters. The molecule has 1 aliphatic carbocycles. The number of aliphatic hydroxyl groups excluding tert-OH is 1. The first-order chi connectivity index (χ1) is 14.6. The Hall–Kier alpha value is -3.19. The first kappa shape index (κ1) is 20.1. The van der Waals surface area contributed by atoms with E-state index in [1.54, 1.807) is 24.3 Å². The highest BCUT2D eigenvalue weighted by molar-refractivity contribution is 6.05. The number of amides is 1. The molecule has 1 saturated carbocycles. The predicted octanol–water partition coefficient (Wildman–Crippen LogP) is 3.91. The highest BCUT2D eigenvalue weighted by Crippen LogP contribution is 2.32. The Bertz CT molecular complexity index is 1080. The number of aromatic amines is 1. The lowest BCUT2D eigenvalue weighted by Crippen LogP contribution is -2.45. The fraction of sp³-hybridized carbons (Fsp3) is 0.304. The first-order valence-corrected chi connectivity index (χ1v) is 10.0. The molecule has 3 N–H and O–H groups in total. The second-order valence-corrected chi connectivity index (χ2v) is 7.49. The van der Waals surface area contributed by atoms with Crippen molar-refractivity contribution in [2.75, 3.05) is 7.11 Å². The third-order valence-corrected chi connectivity index (χ3v) is 5.51. The molecule has 3 aromatic rings. The van der Waals surface area contributed by atoms with Gasteiger partial charge in [0.2, 0.25) is 0 Å². The molecule has 6 nitrogen and oxygen atoms in total. The van der Waals surface area contributed by atoms with E-state index >= 15 is 0 Å². The fourth-order valence-electron chi connectivity index (χ4n) is 3.89. The van der Waals surface area contributed by atoms with Gasteiger partial charge in [-0.25, -0.2) is 4.39 Å². The van der Waals surface area contributed by atoms with Crippen LogP contribution in [0.1, 0.15) is 47.3 Å². The van der Waals surface area contributed by atoms with Gasteiger partial charge in [0.1, 0.15) is 11.6 Å². The van der Waals surface area contributed by atoms with Crippen LogP contribution in [0.3, 0.4) is 0 Å². The summed E-state index contributed by atoms with van der Waals surface area (Å²) in [7, 11) is 1.52. The topological polar surface area (TPSA) is 87.2 Å². The van der Waals surface area contributed by atoms with E-state index in [-0.39, 0.29) is 17.8 Å². The van der Waals surface area contributed by atoms with Crippen molar-refractivity contribution in [1.82, 2.24) is 15.5 Å². The number of nitrogens with zero attached hydrogens (tertiary/aromatic N) is 1. The lowest BCUT2D eigenvalue weighted by Gasteiger charge is -2.28. The second kappa shape index (κ2) is 8.67. The van der Waals surface area contributed by atoms with E-state index in [9.17, 15) is 14.3 Å². The summed E-state index contributed by atoms with van der Waals surface area (Å²) in [5.74, 6) is -0.156. The third kappa shape index (κ3) is 4.07. The molecule has 1 aliphatic rings. The molecule has 0 aliphatic heterocycles. The van der Waals surface area contributed by atoms with Gasteiger partial charge in [0.05, 0.1) is 41.4 Å².